The van der Waals surface area contributed by atoms with E-state index in [4.69, 9.17) is 0 Å². The van der Waals surface area contributed by atoms with Gasteiger partial charge in [0.05, 0.1) is 17.3 Å². The molecule has 2 fully saturated rings. The zero-order valence-corrected chi connectivity index (χ0v) is 11.8. The van der Waals surface area contributed by atoms with Crippen LogP contribution in [0.25, 0.3) is 0 Å². The average Bonchev–Trinajstić information content (AvgIpc) is 3.02. The molecule has 0 aromatic carbocycles. The topological polar surface area (TPSA) is 38.0 Å². The minimum absolute atomic E-state index is 0.328. The Hall–Kier alpha value is -0.480. The Bertz CT molecular complexity index is 414. The second-order valence-corrected chi connectivity index (χ2v) is 7.22. The standard InChI is InChI=1S/C14H22N2OS/c1-11-14(17,7-9-18-11)10-12-6-8-16(15-12)13-4-2-3-5-13/h6,8,11,13,17H,2-5,7,9-10H2,1H3. The highest BCUT2D eigenvalue weighted by atomic mass is 32.2. The van der Waals surface area contributed by atoms with Gasteiger partial charge in [-0.1, -0.05) is 19.8 Å². The molecule has 3 nitrogen and oxygen atoms in total. The first-order valence-corrected chi connectivity index (χ1v) is 8.10. The van der Waals surface area contributed by atoms with Crippen LogP contribution in [0.2, 0.25) is 0 Å². The molecule has 2 unspecified atom stereocenters. The van der Waals surface area contributed by atoms with Crippen LogP contribution in [0.5, 0.6) is 0 Å². The van der Waals surface area contributed by atoms with Gasteiger partial charge in [0, 0.05) is 17.9 Å². The Kier molecular flexibility index (Phi) is 3.41. The number of rotatable bonds is 3. The fourth-order valence-corrected chi connectivity index (χ4v) is 4.50. The number of nitrogens with zero attached hydrogens (tertiary/aromatic N) is 2. The molecular formula is C14H22N2OS. The van der Waals surface area contributed by atoms with Crippen molar-refractivity contribution in [3.63, 3.8) is 0 Å². The van der Waals surface area contributed by atoms with Crippen molar-refractivity contribution in [2.24, 2.45) is 0 Å². The Balaban J connectivity index is 1.69. The summed E-state index contributed by atoms with van der Waals surface area (Å²) >= 11 is 1.87. The van der Waals surface area contributed by atoms with E-state index in [2.05, 4.69) is 29.0 Å². The minimum Gasteiger partial charge on any atom is -0.388 e. The molecule has 1 aromatic heterocycles. The van der Waals surface area contributed by atoms with Gasteiger partial charge in [0.15, 0.2) is 0 Å². The molecule has 1 aromatic rings. The van der Waals surface area contributed by atoms with Crippen molar-refractivity contribution in [3.05, 3.63) is 18.0 Å². The molecule has 1 N–H and O–H groups in total. The molecule has 0 amide bonds. The molecule has 2 heterocycles. The van der Waals surface area contributed by atoms with E-state index >= 15 is 0 Å². The van der Waals surface area contributed by atoms with Gasteiger partial charge in [-0.2, -0.15) is 16.9 Å². The van der Waals surface area contributed by atoms with Crippen LogP contribution in [0, 0.1) is 0 Å². The van der Waals surface area contributed by atoms with Crippen molar-refractivity contribution in [1.29, 1.82) is 0 Å². The van der Waals surface area contributed by atoms with E-state index in [0.717, 1.165) is 17.9 Å². The van der Waals surface area contributed by atoms with E-state index in [0.29, 0.717) is 17.7 Å². The van der Waals surface area contributed by atoms with Gasteiger partial charge in [-0.25, -0.2) is 0 Å². The molecule has 100 valence electrons. The predicted octanol–water partition coefficient (Wildman–Crippen LogP) is 2.80. The van der Waals surface area contributed by atoms with Crippen molar-refractivity contribution in [2.45, 2.75) is 62.3 Å². The van der Waals surface area contributed by atoms with E-state index in [1.165, 1.54) is 25.7 Å². The Morgan fingerprint density at radius 2 is 2.28 bits per heavy atom. The number of aliphatic hydroxyl groups is 1. The summed E-state index contributed by atoms with van der Waals surface area (Å²) in [4.78, 5) is 0. The third kappa shape index (κ3) is 2.32. The van der Waals surface area contributed by atoms with Crippen LogP contribution in [0.15, 0.2) is 12.3 Å². The van der Waals surface area contributed by atoms with Gasteiger partial charge in [0.25, 0.3) is 0 Å². The van der Waals surface area contributed by atoms with Crippen LogP contribution in [-0.4, -0.2) is 31.5 Å². The molecule has 1 aliphatic carbocycles. The molecule has 2 atom stereocenters. The van der Waals surface area contributed by atoms with E-state index in [1.54, 1.807) is 0 Å². The normalized spacial score (nSPS) is 33.3. The van der Waals surface area contributed by atoms with Crippen LogP contribution in [0.4, 0.5) is 0 Å². The highest BCUT2D eigenvalue weighted by Crippen LogP contribution is 2.38. The number of hydrogen-bond donors (Lipinski definition) is 1. The Labute approximate surface area is 113 Å². The molecule has 0 bridgehead atoms. The van der Waals surface area contributed by atoms with Crippen molar-refractivity contribution in [2.75, 3.05) is 5.75 Å². The second-order valence-electron chi connectivity index (χ2n) is 5.77. The molecule has 1 aliphatic heterocycles. The average molecular weight is 266 g/mol. The highest BCUT2D eigenvalue weighted by Gasteiger charge is 2.39. The summed E-state index contributed by atoms with van der Waals surface area (Å²) in [6.07, 6.45) is 8.89. The number of hydrogen-bond acceptors (Lipinski definition) is 3. The molecule has 4 heteroatoms. The van der Waals surface area contributed by atoms with E-state index < -0.39 is 5.60 Å². The van der Waals surface area contributed by atoms with Gasteiger partial charge >= 0.3 is 0 Å². The summed E-state index contributed by atoms with van der Waals surface area (Å²) in [5, 5.41) is 15.6. The minimum atomic E-state index is -0.542. The first-order chi connectivity index (χ1) is 8.67. The van der Waals surface area contributed by atoms with Crippen molar-refractivity contribution < 1.29 is 5.11 Å². The summed E-state index contributed by atoms with van der Waals surface area (Å²) in [6.45, 7) is 2.13. The van der Waals surface area contributed by atoms with Gasteiger partial charge in [-0.05, 0) is 31.1 Å². The predicted molar refractivity (Wildman–Crippen MR) is 74.9 cm³/mol. The highest BCUT2D eigenvalue weighted by molar-refractivity contribution is 8.00. The fourth-order valence-electron chi connectivity index (χ4n) is 3.16. The third-order valence-corrected chi connectivity index (χ3v) is 5.89. The lowest BCUT2D eigenvalue weighted by atomic mass is 9.92. The van der Waals surface area contributed by atoms with E-state index in [1.807, 2.05) is 11.8 Å². The second kappa shape index (κ2) is 4.89. The van der Waals surface area contributed by atoms with Crippen LogP contribution in [-0.2, 0) is 6.42 Å². The molecule has 18 heavy (non-hydrogen) atoms. The van der Waals surface area contributed by atoms with Crippen LogP contribution in [0.3, 0.4) is 0 Å². The lowest BCUT2D eigenvalue weighted by Crippen LogP contribution is -2.37. The van der Waals surface area contributed by atoms with Gasteiger partial charge in [-0.15, -0.1) is 0 Å². The monoisotopic (exact) mass is 266 g/mol. The molecule has 0 radical (unpaired) electrons. The summed E-state index contributed by atoms with van der Waals surface area (Å²) in [5.41, 5.74) is 0.512. The van der Waals surface area contributed by atoms with Crippen molar-refractivity contribution >= 4 is 11.8 Å². The van der Waals surface area contributed by atoms with Crippen molar-refractivity contribution in [1.82, 2.24) is 9.78 Å². The maximum atomic E-state index is 10.6. The lowest BCUT2D eigenvalue weighted by Gasteiger charge is -2.25. The van der Waals surface area contributed by atoms with Gasteiger partial charge in [-0.3, -0.25) is 4.68 Å². The zero-order chi connectivity index (χ0) is 12.6. The maximum absolute atomic E-state index is 10.6. The summed E-state index contributed by atoms with van der Waals surface area (Å²) in [6, 6.07) is 2.69. The van der Waals surface area contributed by atoms with Gasteiger partial charge in [0.1, 0.15) is 0 Å². The SMILES string of the molecule is CC1SCCC1(O)Cc1ccn(C2CCCC2)n1. The maximum Gasteiger partial charge on any atom is 0.0826 e. The quantitative estimate of drug-likeness (QED) is 0.914. The number of thioether (sulfide) groups is 1. The molecule has 1 saturated carbocycles. The molecule has 1 saturated heterocycles. The van der Waals surface area contributed by atoms with Crippen LogP contribution < -0.4 is 0 Å². The molecular weight excluding hydrogens is 244 g/mol. The van der Waals surface area contributed by atoms with Crippen LogP contribution >= 0.6 is 11.8 Å². The molecule has 3 rings (SSSR count). The third-order valence-electron chi connectivity index (χ3n) is 4.51. The zero-order valence-electron chi connectivity index (χ0n) is 11.0. The first kappa shape index (κ1) is 12.5. The first-order valence-electron chi connectivity index (χ1n) is 7.05. The van der Waals surface area contributed by atoms with Gasteiger partial charge in [0.2, 0.25) is 0 Å². The molecule has 2 aliphatic rings. The summed E-state index contributed by atoms with van der Waals surface area (Å²) in [5.74, 6) is 1.07. The fraction of sp³-hybridized carbons (Fsp3) is 0.786. The van der Waals surface area contributed by atoms with E-state index in [9.17, 15) is 5.11 Å². The van der Waals surface area contributed by atoms with Crippen molar-refractivity contribution in [3.8, 4) is 0 Å². The Morgan fingerprint density at radius 1 is 1.50 bits per heavy atom. The summed E-state index contributed by atoms with van der Waals surface area (Å²) in [7, 11) is 0. The summed E-state index contributed by atoms with van der Waals surface area (Å²) < 4.78 is 2.12. The lowest BCUT2D eigenvalue weighted by molar-refractivity contribution is 0.0453. The van der Waals surface area contributed by atoms with Crippen LogP contribution in [0.1, 0.15) is 50.8 Å². The van der Waals surface area contributed by atoms with Gasteiger partial charge < -0.3 is 5.11 Å². The largest absolute Gasteiger partial charge is 0.388 e. The Morgan fingerprint density at radius 3 is 2.94 bits per heavy atom. The number of aromatic nitrogens is 2. The molecule has 0 spiro atoms. The van der Waals surface area contributed by atoms with E-state index in [-0.39, 0.29) is 0 Å². The smallest absolute Gasteiger partial charge is 0.0826 e.